The molecule has 0 fully saturated rings. The smallest absolute Gasteiger partial charge is 0.340 e. The molecule has 0 amide bonds. The Bertz CT molecular complexity index is 850. The second kappa shape index (κ2) is 5.72. The Kier molecular flexibility index (Phi) is 4.14. The summed E-state index contributed by atoms with van der Waals surface area (Å²) in [5.74, 6) is -3.27. The van der Waals surface area contributed by atoms with Crippen molar-refractivity contribution in [1.82, 2.24) is 0 Å². The molecule has 22 heavy (non-hydrogen) atoms. The zero-order valence-corrected chi connectivity index (χ0v) is 12.1. The number of benzene rings is 2. The summed E-state index contributed by atoms with van der Waals surface area (Å²) in [5, 5.41) is 8.98. The van der Waals surface area contributed by atoms with Crippen LogP contribution in [0, 0.1) is 18.6 Å². The third kappa shape index (κ3) is 3.06. The van der Waals surface area contributed by atoms with Crippen molar-refractivity contribution in [3.05, 3.63) is 59.2 Å². The molecule has 0 aromatic heterocycles. The number of carboxylic acid groups (broad SMARTS) is 1. The highest BCUT2D eigenvalue weighted by molar-refractivity contribution is 7.92. The number of rotatable bonds is 4. The molecule has 2 aromatic rings. The van der Waals surface area contributed by atoms with Crippen LogP contribution in [-0.2, 0) is 10.0 Å². The Labute approximate surface area is 125 Å². The number of hydrogen-bond acceptors (Lipinski definition) is 3. The van der Waals surface area contributed by atoms with Crippen LogP contribution in [-0.4, -0.2) is 19.5 Å². The van der Waals surface area contributed by atoms with E-state index < -0.39 is 38.9 Å². The van der Waals surface area contributed by atoms with Crippen LogP contribution >= 0.6 is 0 Å². The predicted octanol–water partition coefficient (Wildman–Crippen LogP) is 2.77. The molecule has 8 heteroatoms. The first-order valence-electron chi connectivity index (χ1n) is 6.03. The van der Waals surface area contributed by atoms with Crippen molar-refractivity contribution in [3.8, 4) is 0 Å². The largest absolute Gasteiger partial charge is 0.478 e. The van der Waals surface area contributed by atoms with Crippen LogP contribution in [0.25, 0.3) is 0 Å². The second-order valence-corrected chi connectivity index (χ2v) is 6.13. The van der Waals surface area contributed by atoms with Crippen LogP contribution < -0.4 is 4.72 Å². The standard InChI is InChI=1S/C14H11F2NO4S/c1-8-7-9(15)5-6-12(8)22(20,21)17-11-4-2-3-10(16)13(11)14(18)19/h2-7,17H,1H3,(H,18,19). The van der Waals surface area contributed by atoms with Gasteiger partial charge in [-0.15, -0.1) is 0 Å². The zero-order chi connectivity index (χ0) is 16.5. The van der Waals surface area contributed by atoms with Crippen LogP contribution in [0.2, 0.25) is 0 Å². The number of aromatic carboxylic acids is 1. The summed E-state index contributed by atoms with van der Waals surface area (Å²) in [6.07, 6.45) is 0. The fourth-order valence-corrected chi connectivity index (χ4v) is 3.24. The molecule has 0 saturated carbocycles. The van der Waals surface area contributed by atoms with Gasteiger partial charge in [0.05, 0.1) is 10.6 Å². The van der Waals surface area contributed by atoms with Crippen LogP contribution in [0.1, 0.15) is 15.9 Å². The van der Waals surface area contributed by atoms with Gasteiger partial charge in [0.1, 0.15) is 17.2 Å². The molecule has 2 rings (SSSR count). The van der Waals surface area contributed by atoms with Gasteiger partial charge >= 0.3 is 5.97 Å². The van der Waals surface area contributed by atoms with Crippen molar-refractivity contribution < 1.29 is 27.1 Å². The van der Waals surface area contributed by atoms with Gasteiger partial charge in [-0.05, 0) is 42.8 Å². The quantitative estimate of drug-likeness (QED) is 0.904. The summed E-state index contributed by atoms with van der Waals surface area (Å²) < 4.78 is 53.1. The second-order valence-electron chi connectivity index (χ2n) is 4.48. The number of aryl methyl sites for hydroxylation is 1. The molecule has 0 saturated heterocycles. The van der Waals surface area contributed by atoms with Crippen LogP contribution in [0.3, 0.4) is 0 Å². The first kappa shape index (κ1) is 15.9. The number of anilines is 1. The summed E-state index contributed by atoms with van der Waals surface area (Å²) in [6.45, 7) is 1.39. The van der Waals surface area contributed by atoms with Gasteiger partial charge < -0.3 is 5.11 Å². The third-order valence-electron chi connectivity index (χ3n) is 2.90. The van der Waals surface area contributed by atoms with Gasteiger partial charge in [0.25, 0.3) is 10.0 Å². The highest BCUT2D eigenvalue weighted by Crippen LogP contribution is 2.24. The van der Waals surface area contributed by atoms with Gasteiger partial charge in [0, 0.05) is 0 Å². The van der Waals surface area contributed by atoms with Crippen molar-refractivity contribution in [2.45, 2.75) is 11.8 Å². The van der Waals surface area contributed by atoms with Gasteiger partial charge in [-0.2, -0.15) is 0 Å². The molecule has 0 bridgehead atoms. The lowest BCUT2D eigenvalue weighted by Gasteiger charge is -2.12. The third-order valence-corrected chi connectivity index (χ3v) is 4.42. The van der Waals surface area contributed by atoms with E-state index in [2.05, 4.69) is 0 Å². The van der Waals surface area contributed by atoms with Gasteiger partial charge in [-0.25, -0.2) is 22.0 Å². The average molecular weight is 327 g/mol. The lowest BCUT2D eigenvalue weighted by molar-refractivity contribution is 0.0693. The molecular weight excluding hydrogens is 316 g/mol. The molecular formula is C14H11F2NO4S. The minimum atomic E-state index is -4.18. The number of nitrogens with one attached hydrogen (secondary N) is 1. The maximum absolute atomic E-state index is 13.5. The summed E-state index contributed by atoms with van der Waals surface area (Å²) in [7, 11) is -4.18. The van der Waals surface area contributed by atoms with Crippen molar-refractivity contribution in [2.75, 3.05) is 4.72 Å². The van der Waals surface area contributed by atoms with Crippen LogP contribution in [0.5, 0.6) is 0 Å². The lowest BCUT2D eigenvalue weighted by atomic mass is 10.2. The van der Waals surface area contributed by atoms with Crippen LogP contribution in [0.15, 0.2) is 41.3 Å². The van der Waals surface area contributed by atoms with E-state index in [1.54, 1.807) is 0 Å². The molecule has 2 N–H and O–H groups in total. The molecule has 0 atom stereocenters. The van der Waals surface area contributed by atoms with Crippen molar-refractivity contribution in [2.24, 2.45) is 0 Å². The topological polar surface area (TPSA) is 83.5 Å². The van der Waals surface area contributed by atoms with E-state index in [9.17, 15) is 22.0 Å². The van der Waals surface area contributed by atoms with Gasteiger partial charge in [-0.1, -0.05) is 6.07 Å². The highest BCUT2D eigenvalue weighted by Gasteiger charge is 2.22. The molecule has 116 valence electrons. The maximum atomic E-state index is 13.5. The summed E-state index contributed by atoms with van der Waals surface area (Å²) in [6, 6.07) is 6.25. The average Bonchev–Trinajstić information content (AvgIpc) is 2.36. The molecule has 5 nitrogen and oxygen atoms in total. The molecule has 0 spiro atoms. The van der Waals surface area contributed by atoms with E-state index in [1.165, 1.54) is 13.0 Å². The minimum Gasteiger partial charge on any atom is -0.478 e. The van der Waals surface area contributed by atoms with Crippen LogP contribution in [0.4, 0.5) is 14.5 Å². The Morgan fingerprint density at radius 2 is 1.86 bits per heavy atom. The van der Waals surface area contributed by atoms with Crippen molar-refractivity contribution in [3.63, 3.8) is 0 Å². The Hall–Kier alpha value is -2.48. The summed E-state index contributed by atoms with van der Waals surface area (Å²) in [4.78, 5) is 10.8. The first-order chi connectivity index (χ1) is 10.2. The minimum absolute atomic E-state index is 0.140. The molecule has 0 heterocycles. The van der Waals surface area contributed by atoms with E-state index in [1.807, 2.05) is 4.72 Å². The first-order valence-corrected chi connectivity index (χ1v) is 7.51. The van der Waals surface area contributed by atoms with E-state index in [-0.39, 0.29) is 10.5 Å². The normalized spacial score (nSPS) is 11.2. The zero-order valence-electron chi connectivity index (χ0n) is 11.3. The fourth-order valence-electron chi connectivity index (χ4n) is 1.94. The summed E-state index contributed by atoms with van der Waals surface area (Å²) in [5.41, 5.74) is -1.05. The van der Waals surface area contributed by atoms with Crippen molar-refractivity contribution >= 4 is 21.7 Å². The molecule has 0 aliphatic carbocycles. The maximum Gasteiger partial charge on any atom is 0.340 e. The van der Waals surface area contributed by atoms with E-state index in [0.29, 0.717) is 0 Å². The lowest BCUT2D eigenvalue weighted by Crippen LogP contribution is -2.17. The van der Waals surface area contributed by atoms with Gasteiger partial charge in [0.15, 0.2) is 0 Å². The highest BCUT2D eigenvalue weighted by atomic mass is 32.2. The number of hydrogen-bond donors (Lipinski definition) is 2. The number of carbonyl (C=O) groups is 1. The monoisotopic (exact) mass is 327 g/mol. The Balaban J connectivity index is 2.50. The Morgan fingerprint density at radius 1 is 1.18 bits per heavy atom. The molecule has 0 aliphatic heterocycles. The summed E-state index contributed by atoms with van der Waals surface area (Å²) >= 11 is 0. The van der Waals surface area contributed by atoms with Crippen molar-refractivity contribution in [1.29, 1.82) is 0 Å². The van der Waals surface area contributed by atoms with E-state index in [0.717, 1.165) is 30.3 Å². The molecule has 0 unspecified atom stereocenters. The molecule has 0 radical (unpaired) electrons. The molecule has 0 aliphatic rings. The van der Waals surface area contributed by atoms with Gasteiger partial charge in [-0.3, -0.25) is 4.72 Å². The van der Waals surface area contributed by atoms with Gasteiger partial charge in [0.2, 0.25) is 0 Å². The Morgan fingerprint density at radius 3 is 2.45 bits per heavy atom. The predicted molar refractivity (Wildman–Crippen MR) is 75.3 cm³/mol. The fraction of sp³-hybridized carbons (Fsp3) is 0.0714. The number of sulfonamides is 1. The number of halogens is 2. The SMILES string of the molecule is Cc1cc(F)ccc1S(=O)(=O)Nc1cccc(F)c1C(=O)O. The van der Waals surface area contributed by atoms with E-state index in [4.69, 9.17) is 5.11 Å². The van der Waals surface area contributed by atoms with E-state index >= 15 is 0 Å². The number of carboxylic acids is 1. The molecule has 2 aromatic carbocycles.